The molecule has 0 saturated heterocycles. The quantitative estimate of drug-likeness (QED) is 0.569. The van der Waals surface area contributed by atoms with Crippen molar-refractivity contribution in [2.45, 2.75) is 39.8 Å². The van der Waals surface area contributed by atoms with Crippen LogP contribution >= 0.6 is 11.6 Å². The lowest BCUT2D eigenvalue weighted by Crippen LogP contribution is -2.25. The maximum absolute atomic E-state index is 12.9. The van der Waals surface area contributed by atoms with E-state index in [1.54, 1.807) is 24.3 Å². The molecule has 2 aromatic heterocycles. The Balaban J connectivity index is 1.70. The number of amides is 1. The number of carbonyl (C=O) groups excluding carboxylic acids is 1. The minimum atomic E-state index is -0.131. The van der Waals surface area contributed by atoms with Crippen molar-refractivity contribution in [1.29, 1.82) is 0 Å². The van der Waals surface area contributed by atoms with E-state index >= 15 is 0 Å². The van der Waals surface area contributed by atoms with Gasteiger partial charge < -0.3 is 9.42 Å². The lowest BCUT2D eigenvalue weighted by atomic mass is 10.1. The molecule has 0 radical (unpaired) electrons. The van der Waals surface area contributed by atoms with Gasteiger partial charge in [0.25, 0.3) is 5.91 Å². The first kappa shape index (κ1) is 20.6. The van der Waals surface area contributed by atoms with Crippen LogP contribution < -0.4 is 0 Å². The number of imidazole rings is 1. The number of hydrogen-bond acceptors (Lipinski definition) is 6. The van der Waals surface area contributed by atoms with Crippen molar-refractivity contribution < 1.29 is 9.32 Å². The maximum atomic E-state index is 12.9. The zero-order valence-corrected chi connectivity index (χ0v) is 18.2. The van der Waals surface area contributed by atoms with Crippen LogP contribution in [0.5, 0.6) is 0 Å². The standard InChI is InChI=1S/C21H25ClN6O2/c1-4-9-27(10-5-2)12-17-24-20(25-30-17)19-16-11-26(3)21(29)18-14(22)7-6-8-15(18)28(16)13-23-19/h6-8,13H,4-5,9-12H2,1-3H3. The van der Waals surface area contributed by atoms with Gasteiger partial charge in [-0.1, -0.05) is 36.7 Å². The predicted molar refractivity (Wildman–Crippen MR) is 114 cm³/mol. The Morgan fingerprint density at radius 1 is 1.23 bits per heavy atom. The van der Waals surface area contributed by atoms with Gasteiger partial charge in [0.15, 0.2) is 0 Å². The van der Waals surface area contributed by atoms with E-state index < -0.39 is 0 Å². The van der Waals surface area contributed by atoms with Crippen molar-refractivity contribution in [1.82, 2.24) is 29.5 Å². The summed E-state index contributed by atoms with van der Waals surface area (Å²) >= 11 is 6.34. The number of carbonyl (C=O) groups is 1. The van der Waals surface area contributed by atoms with Crippen LogP contribution in [-0.4, -0.2) is 55.5 Å². The first-order valence-corrected chi connectivity index (χ1v) is 10.6. The van der Waals surface area contributed by atoms with Gasteiger partial charge in [-0.15, -0.1) is 0 Å². The molecule has 0 fully saturated rings. The van der Waals surface area contributed by atoms with Crippen molar-refractivity contribution in [2.75, 3.05) is 20.1 Å². The first-order valence-electron chi connectivity index (χ1n) is 10.2. The lowest BCUT2D eigenvalue weighted by molar-refractivity contribution is 0.0788. The zero-order valence-electron chi connectivity index (χ0n) is 17.4. The van der Waals surface area contributed by atoms with Gasteiger partial charge in [0.2, 0.25) is 11.7 Å². The van der Waals surface area contributed by atoms with Crippen LogP contribution in [0, 0.1) is 0 Å². The molecule has 1 amide bonds. The minimum Gasteiger partial charge on any atom is -0.337 e. The van der Waals surface area contributed by atoms with Crippen molar-refractivity contribution in [3.8, 4) is 17.2 Å². The van der Waals surface area contributed by atoms with E-state index in [1.807, 2.05) is 16.7 Å². The van der Waals surface area contributed by atoms with Crippen LogP contribution in [0.4, 0.5) is 0 Å². The Labute approximate surface area is 180 Å². The Bertz CT molecular complexity index is 1050. The average Bonchev–Trinajstić information content (AvgIpc) is 3.32. The molecule has 3 aromatic rings. The highest BCUT2D eigenvalue weighted by molar-refractivity contribution is 6.34. The third-order valence-electron chi connectivity index (χ3n) is 5.18. The number of rotatable bonds is 7. The molecule has 0 spiro atoms. The van der Waals surface area contributed by atoms with Crippen LogP contribution in [0.3, 0.4) is 0 Å². The van der Waals surface area contributed by atoms with E-state index in [4.69, 9.17) is 16.1 Å². The molecule has 1 aliphatic rings. The van der Waals surface area contributed by atoms with E-state index in [0.717, 1.165) is 31.6 Å². The normalized spacial score (nSPS) is 13.5. The monoisotopic (exact) mass is 428 g/mol. The van der Waals surface area contributed by atoms with Gasteiger partial charge in [-0.3, -0.25) is 14.3 Å². The molecule has 8 nitrogen and oxygen atoms in total. The van der Waals surface area contributed by atoms with Crippen molar-refractivity contribution in [3.05, 3.63) is 46.7 Å². The summed E-state index contributed by atoms with van der Waals surface area (Å²) in [6.45, 7) is 7.25. The fraction of sp³-hybridized carbons (Fsp3) is 0.429. The average molecular weight is 429 g/mol. The van der Waals surface area contributed by atoms with E-state index in [2.05, 4.69) is 33.9 Å². The molecule has 4 rings (SSSR count). The SMILES string of the molecule is CCCN(CCC)Cc1nc(-c2ncn3c2CN(C)C(=O)c2c(Cl)cccc2-3)no1. The summed E-state index contributed by atoms with van der Waals surface area (Å²) in [4.78, 5) is 25.9. The van der Waals surface area contributed by atoms with Gasteiger partial charge in [0.1, 0.15) is 12.0 Å². The summed E-state index contributed by atoms with van der Waals surface area (Å²) in [5.74, 6) is 0.863. The Hall–Kier alpha value is -2.71. The summed E-state index contributed by atoms with van der Waals surface area (Å²) in [6, 6.07) is 5.41. The molecule has 1 aliphatic heterocycles. The first-order chi connectivity index (χ1) is 14.5. The number of aromatic nitrogens is 4. The molecule has 0 unspecified atom stereocenters. The van der Waals surface area contributed by atoms with Gasteiger partial charge >= 0.3 is 0 Å². The summed E-state index contributed by atoms with van der Waals surface area (Å²) in [7, 11) is 1.75. The van der Waals surface area contributed by atoms with E-state index in [-0.39, 0.29) is 5.91 Å². The fourth-order valence-corrected chi connectivity index (χ4v) is 4.09. The summed E-state index contributed by atoms with van der Waals surface area (Å²) in [5.41, 5.74) is 2.59. The topological polar surface area (TPSA) is 80.3 Å². The summed E-state index contributed by atoms with van der Waals surface area (Å²) < 4.78 is 7.40. The van der Waals surface area contributed by atoms with Gasteiger partial charge in [0.05, 0.1) is 35.1 Å². The Kier molecular flexibility index (Phi) is 5.87. The second-order valence-corrected chi connectivity index (χ2v) is 7.90. The van der Waals surface area contributed by atoms with Crippen LogP contribution in [-0.2, 0) is 13.1 Å². The number of halogens is 1. The highest BCUT2D eigenvalue weighted by atomic mass is 35.5. The largest absolute Gasteiger partial charge is 0.337 e. The second-order valence-electron chi connectivity index (χ2n) is 7.49. The second kappa shape index (κ2) is 8.57. The van der Waals surface area contributed by atoms with E-state index in [1.165, 1.54) is 0 Å². The molecule has 0 atom stereocenters. The highest BCUT2D eigenvalue weighted by Crippen LogP contribution is 2.32. The van der Waals surface area contributed by atoms with Crippen LogP contribution in [0.25, 0.3) is 17.2 Å². The third-order valence-corrected chi connectivity index (χ3v) is 5.50. The lowest BCUT2D eigenvalue weighted by Gasteiger charge is -2.18. The predicted octanol–water partition coefficient (Wildman–Crippen LogP) is 3.78. The van der Waals surface area contributed by atoms with Gasteiger partial charge in [-0.05, 0) is 38.1 Å². The molecular weight excluding hydrogens is 404 g/mol. The number of hydrogen-bond donors (Lipinski definition) is 0. The molecule has 158 valence electrons. The molecule has 0 bridgehead atoms. The Morgan fingerprint density at radius 3 is 2.73 bits per heavy atom. The molecule has 0 N–H and O–H groups in total. The zero-order chi connectivity index (χ0) is 21.3. The van der Waals surface area contributed by atoms with Crippen LogP contribution in [0.2, 0.25) is 5.02 Å². The maximum Gasteiger partial charge on any atom is 0.257 e. The molecule has 0 aliphatic carbocycles. The van der Waals surface area contributed by atoms with Crippen molar-refractivity contribution >= 4 is 17.5 Å². The third kappa shape index (κ3) is 3.73. The number of fused-ring (bicyclic) bond motifs is 3. The molecule has 0 saturated carbocycles. The van der Waals surface area contributed by atoms with Crippen molar-refractivity contribution in [2.24, 2.45) is 0 Å². The Morgan fingerprint density at radius 2 is 2.00 bits per heavy atom. The van der Waals surface area contributed by atoms with Crippen LogP contribution in [0.1, 0.15) is 48.6 Å². The summed E-state index contributed by atoms with van der Waals surface area (Å²) in [5, 5.41) is 4.59. The number of nitrogens with zero attached hydrogens (tertiary/aromatic N) is 6. The van der Waals surface area contributed by atoms with E-state index in [0.29, 0.717) is 46.8 Å². The van der Waals surface area contributed by atoms with Gasteiger partial charge in [-0.25, -0.2) is 4.98 Å². The molecule has 9 heteroatoms. The molecular formula is C21H25ClN6O2. The summed E-state index contributed by atoms with van der Waals surface area (Å²) in [6.07, 6.45) is 3.82. The fourth-order valence-electron chi connectivity index (χ4n) is 3.84. The number of benzene rings is 1. The molecule has 1 aromatic carbocycles. The molecule has 3 heterocycles. The molecule has 30 heavy (non-hydrogen) atoms. The van der Waals surface area contributed by atoms with Crippen molar-refractivity contribution in [3.63, 3.8) is 0 Å². The smallest absolute Gasteiger partial charge is 0.257 e. The highest BCUT2D eigenvalue weighted by Gasteiger charge is 2.29. The van der Waals surface area contributed by atoms with Crippen LogP contribution in [0.15, 0.2) is 29.0 Å². The minimum absolute atomic E-state index is 0.131. The van der Waals surface area contributed by atoms with Gasteiger partial charge in [-0.2, -0.15) is 4.98 Å². The van der Waals surface area contributed by atoms with E-state index in [9.17, 15) is 4.79 Å². The van der Waals surface area contributed by atoms with Gasteiger partial charge in [0, 0.05) is 7.05 Å².